The lowest BCUT2D eigenvalue weighted by molar-refractivity contribution is -0.111. The monoisotopic (exact) mass is 338 g/mol. The summed E-state index contributed by atoms with van der Waals surface area (Å²) in [7, 11) is -3.27. The van der Waals surface area contributed by atoms with Gasteiger partial charge in [-0.3, -0.25) is 9.89 Å². The van der Waals surface area contributed by atoms with E-state index in [1.807, 2.05) is 16.8 Å². The quantitative estimate of drug-likeness (QED) is 0.824. The minimum atomic E-state index is -3.27. The molecule has 2 aromatic rings. The van der Waals surface area contributed by atoms with Gasteiger partial charge in [-0.2, -0.15) is 20.7 Å². The number of aromatic amines is 1. The lowest BCUT2D eigenvalue weighted by atomic mass is 10.2. The van der Waals surface area contributed by atoms with Crippen molar-refractivity contribution in [1.29, 1.82) is 0 Å². The Labute approximate surface area is 131 Å². The van der Waals surface area contributed by atoms with Crippen LogP contribution in [0.3, 0.4) is 0 Å². The highest BCUT2D eigenvalue weighted by molar-refractivity contribution is 7.88. The Morgan fingerprint density at radius 2 is 2.32 bits per heavy atom. The van der Waals surface area contributed by atoms with E-state index in [0.717, 1.165) is 11.8 Å². The van der Waals surface area contributed by atoms with Crippen LogP contribution in [0.25, 0.3) is 6.08 Å². The van der Waals surface area contributed by atoms with Gasteiger partial charge in [-0.25, -0.2) is 8.42 Å². The van der Waals surface area contributed by atoms with E-state index in [0.29, 0.717) is 17.1 Å². The molecule has 0 bridgehead atoms. The fourth-order valence-electron chi connectivity index (χ4n) is 2.15. The number of aromatic nitrogens is 2. The number of anilines is 1. The van der Waals surface area contributed by atoms with Gasteiger partial charge in [-0.05, 0) is 28.5 Å². The number of amides is 1. The Bertz CT molecular complexity index is 822. The molecule has 3 rings (SSSR count). The summed E-state index contributed by atoms with van der Waals surface area (Å²) in [6, 6.07) is 1.91. The lowest BCUT2D eigenvalue weighted by Crippen LogP contribution is -2.24. The summed E-state index contributed by atoms with van der Waals surface area (Å²) in [5.74, 6) is 0.150. The lowest BCUT2D eigenvalue weighted by Gasteiger charge is -2.11. The van der Waals surface area contributed by atoms with Crippen molar-refractivity contribution in [2.24, 2.45) is 0 Å². The maximum Gasteiger partial charge on any atom is 0.249 e. The van der Waals surface area contributed by atoms with Gasteiger partial charge < -0.3 is 5.32 Å². The minimum Gasteiger partial charge on any atom is -0.307 e. The Morgan fingerprint density at radius 3 is 3.00 bits per heavy atom. The highest BCUT2D eigenvalue weighted by atomic mass is 32.2. The predicted octanol–water partition coefficient (Wildman–Crippen LogP) is 1.40. The van der Waals surface area contributed by atoms with Gasteiger partial charge in [0.2, 0.25) is 15.9 Å². The van der Waals surface area contributed by atoms with Gasteiger partial charge in [-0.1, -0.05) is 0 Å². The zero-order valence-electron chi connectivity index (χ0n) is 11.7. The topological polar surface area (TPSA) is 95.2 Å². The molecule has 0 fully saturated rings. The van der Waals surface area contributed by atoms with E-state index in [9.17, 15) is 13.2 Å². The number of hydrogen-bond acceptors (Lipinski definition) is 5. The average Bonchev–Trinajstić information content (AvgIpc) is 3.13. The number of nitrogens with zero attached hydrogens (tertiary/aromatic N) is 2. The van der Waals surface area contributed by atoms with Crippen LogP contribution < -0.4 is 5.32 Å². The molecule has 9 heteroatoms. The third-order valence-electron chi connectivity index (χ3n) is 3.30. The summed E-state index contributed by atoms with van der Waals surface area (Å²) < 4.78 is 24.4. The summed E-state index contributed by atoms with van der Waals surface area (Å²) in [5.41, 5.74) is 2.31. The molecule has 7 nitrogen and oxygen atoms in total. The standard InChI is InChI=1S/C13H14N4O3S2/c1-22(19,20)17-6-10-11(7-17)15-16-13(10)14-12(18)3-2-9-4-5-21-8-9/h2-5,8H,6-7H2,1H3,(H2,14,15,16,18)/b3-2-. The molecule has 0 aliphatic carbocycles. The first-order chi connectivity index (χ1) is 10.4. The van der Waals surface area contributed by atoms with Crippen LogP contribution in [0.1, 0.15) is 16.8 Å². The van der Waals surface area contributed by atoms with Crippen molar-refractivity contribution >= 4 is 39.2 Å². The van der Waals surface area contributed by atoms with Crippen LogP contribution in [0.5, 0.6) is 0 Å². The molecule has 0 saturated heterocycles. The van der Waals surface area contributed by atoms with Crippen LogP contribution in [0.4, 0.5) is 5.82 Å². The fraction of sp³-hybridized carbons (Fsp3) is 0.231. The number of sulfonamides is 1. The van der Waals surface area contributed by atoms with Crippen LogP contribution in [-0.4, -0.2) is 35.1 Å². The largest absolute Gasteiger partial charge is 0.307 e. The van der Waals surface area contributed by atoms with Crippen LogP contribution in [0.15, 0.2) is 22.9 Å². The molecule has 0 spiro atoms. The molecule has 0 atom stereocenters. The van der Waals surface area contributed by atoms with Gasteiger partial charge >= 0.3 is 0 Å². The van der Waals surface area contributed by atoms with Gasteiger partial charge in [0.15, 0.2) is 0 Å². The van der Waals surface area contributed by atoms with Gasteiger partial charge in [0.1, 0.15) is 5.82 Å². The first-order valence-electron chi connectivity index (χ1n) is 6.46. The van der Waals surface area contributed by atoms with Crippen molar-refractivity contribution in [2.75, 3.05) is 11.6 Å². The Hall–Kier alpha value is -1.97. The summed E-state index contributed by atoms with van der Waals surface area (Å²) in [6.45, 7) is 0.444. The minimum absolute atomic E-state index is 0.217. The number of rotatable bonds is 4. The summed E-state index contributed by atoms with van der Waals surface area (Å²) in [4.78, 5) is 11.9. The number of H-pyrrole nitrogens is 1. The number of fused-ring (bicyclic) bond motifs is 1. The molecule has 1 aliphatic rings. The summed E-state index contributed by atoms with van der Waals surface area (Å²) >= 11 is 1.55. The molecule has 1 amide bonds. The highest BCUT2D eigenvalue weighted by Gasteiger charge is 2.30. The Balaban J connectivity index is 1.70. The molecule has 2 N–H and O–H groups in total. The van der Waals surface area contributed by atoms with Gasteiger partial charge in [-0.15, -0.1) is 0 Å². The number of nitrogens with one attached hydrogen (secondary N) is 2. The first-order valence-corrected chi connectivity index (χ1v) is 9.25. The third kappa shape index (κ3) is 3.11. The van der Waals surface area contributed by atoms with E-state index in [4.69, 9.17) is 0 Å². The number of hydrogen-bond donors (Lipinski definition) is 2. The second-order valence-electron chi connectivity index (χ2n) is 4.93. The smallest absolute Gasteiger partial charge is 0.249 e. The second kappa shape index (κ2) is 5.67. The van der Waals surface area contributed by atoms with Gasteiger partial charge in [0, 0.05) is 18.2 Å². The molecule has 0 unspecified atom stereocenters. The van der Waals surface area contributed by atoms with E-state index in [2.05, 4.69) is 15.5 Å². The SMILES string of the molecule is CS(=O)(=O)N1Cc2n[nH]c(NC(=O)/C=C\c3ccsc3)c2C1. The summed E-state index contributed by atoms with van der Waals surface area (Å²) in [6.07, 6.45) is 4.30. The van der Waals surface area contributed by atoms with Crippen LogP contribution in [-0.2, 0) is 27.9 Å². The molecule has 0 aromatic carbocycles. The highest BCUT2D eigenvalue weighted by Crippen LogP contribution is 2.28. The molecule has 22 heavy (non-hydrogen) atoms. The second-order valence-corrected chi connectivity index (χ2v) is 7.70. The van der Waals surface area contributed by atoms with E-state index < -0.39 is 10.0 Å². The van der Waals surface area contributed by atoms with E-state index in [1.165, 1.54) is 10.4 Å². The van der Waals surface area contributed by atoms with Crippen LogP contribution in [0, 0.1) is 0 Å². The number of thiophene rings is 1. The molecule has 2 aromatic heterocycles. The van der Waals surface area contributed by atoms with Crippen molar-refractivity contribution in [2.45, 2.75) is 13.1 Å². The van der Waals surface area contributed by atoms with Crippen molar-refractivity contribution in [3.05, 3.63) is 39.7 Å². The third-order valence-corrected chi connectivity index (χ3v) is 5.20. The Kier molecular flexibility index (Phi) is 3.85. The first kappa shape index (κ1) is 14.9. The van der Waals surface area contributed by atoms with Gasteiger partial charge in [0.05, 0.1) is 18.5 Å². The van der Waals surface area contributed by atoms with Crippen LogP contribution >= 0.6 is 11.3 Å². The molecule has 1 aliphatic heterocycles. The normalized spacial score (nSPS) is 15.3. The van der Waals surface area contributed by atoms with Crippen molar-refractivity contribution in [1.82, 2.24) is 14.5 Å². The van der Waals surface area contributed by atoms with E-state index >= 15 is 0 Å². The molecule has 116 valence electrons. The fourth-order valence-corrected chi connectivity index (χ4v) is 3.50. The number of carbonyl (C=O) groups excluding carboxylic acids is 1. The van der Waals surface area contributed by atoms with Crippen molar-refractivity contribution < 1.29 is 13.2 Å². The van der Waals surface area contributed by atoms with Crippen molar-refractivity contribution in [3.8, 4) is 0 Å². The molecular weight excluding hydrogens is 324 g/mol. The average molecular weight is 338 g/mol. The molecule has 3 heterocycles. The van der Waals surface area contributed by atoms with Crippen molar-refractivity contribution in [3.63, 3.8) is 0 Å². The molecule has 0 radical (unpaired) electrons. The zero-order chi connectivity index (χ0) is 15.7. The maximum absolute atomic E-state index is 11.9. The van der Waals surface area contributed by atoms with Crippen LogP contribution in [0.2, 0.25) is 0 Å². The Morgan fingerprint density at radius 1 is 1.50 bits per heavy atom. The summed E-state index contributed by atoms with van der Waals surface area (Å²) in [5, 5.41) is 13.3. The predicted molar refractivity (Wildman–Crippen MR) is 84.7 cm³/mol. The van der Waals surface area contributed by atoms with E-state index in [-0.39, 0.29) is 19.0 Å². The molecular formula is C13H14N4O3S2. The van der Waals surface area contributed by atoms with E-state index in [1.54, 1.807) is 17.4 Å². The maximum atomic E-state index is 11.9. The van der Waals surface area contributed by atoms with Gasteiger partial charge in [0.25, 0.3) is 0 Å². The number of carbonyl (C=O) groups is 1. The molecule has 0 saturated carbocycles. The zero-order valence-corrected chi connectivity index (χ0v) is 13.4.